The van der Waals surface area contributed by atoms with Gasteiger partial charge in [-0.3, -0.25) is 0 Å². The van der Waals surface area contributed by atoms with E-state index in [0.717, 1.165) is 0 Å². The summed E-state index contributed by atoms with van der Waals surface area (Å²) < 4.78 is 0. The summed E-state index contributed by atoms with van der Waals surface area (Å²) in [6.07, 6.45) is 2.66. The average molecular weight is 204 g/mol. The molecule has 0 saturated carbocycles. The van der Waals surface area contributed by atoms with Crippen LogP contribution in [0, 0.1) is 0 Å². The fourth-order valence-electron chi connectivity index (χ4n) is 1.26. The molecule has 0 bridgehead atoms. The fourth-order valence-corrected chi connectivity index (χ4v) is 1.55. The van der Waals surface area contributed by atoms with E-state index in [4.69, 9.17) is 0 Å². The minimum absolute atomic E-state index is 0.436. The number of likely N-dealkylation sites (tertiary alicyclic amines) is 1. The second kappa shape index (κ2) is 3.42. The molecule has 0 radical (unpaired) electrons. The highest BCUT2D eigenvalue weighted by molar-refractivity contribution is 9.09. The number of alkyl halides is 1. The monoisotopic (exact) mass is 203 g/mol. The number of allylic oxidation sites excluding steroid dienone is 1. The lowest BCUT2D eigenvalue weighted by molar-refractivity contribution is 0.419. The number of rotatable bonds is 2. The molecule has 1 atom stereocenters. The Balaban J connectivity index is 2.40. The van der Waals surface area contributed by atoms with Gasteiger partial charge in [0.05, 0.1) is 4.83 Å². The minimum Gasteiger partial charge on any atom is -0.374 e. The first-order chi connectivity index (χ1) is 4.72. The van der Waals surface area contributed by atoms with Gasteiger partial charge in [0.15, 0.2) is 0 Å². The highest BCUT2D eigenvalue weighted by Gasteiger charge is 2.15. The maximum absolute atomic E-state index is 4.02. The van der Waals surface area contributed by atoms with Gasteiger partial charge in [0, 0.05) is 18.8 Å². The van der Waals surface area contributed by atoms with Crippen LogP contribution in [-0.2, 0) is 0 Å². The maximum Gasteiger partial charge on any atom is 0.0510 e. The summed E-state index contributed by atoms with van der Waals surface area (Å²) in [4.78, 5) is 2.80. The second-order valence-electron chi connectivity index (χ2n) is 2.80. The first kappa shape index (κ1) is 8.12. The quantitative estimate of drug-likeness (QED) is 0.624. The smallest absolute Gasteiger partial charge is 0.0510 e. The van der Waals surface area contributed by atoms with E-state index in [2.05, 4.69) is 34.3 Å². The molecule has 1 heterocycles. The fraction of sp³-hybridized carbons (Fsp3) is 0.750. The molecule has 0 N–H and O–H groups in total. The summed E-state index contributed by atoms with van der Waals surface area (Å²) in [5.74, 6) is 0. The van der Waals surface area contributed by atoms with E-state index in [0.29, 0.717) is 4.83 Å². The van der Waals surface area contributed by atoms with Gasteiger partial charge in [0.1, 0.15) is 0 Å². The molecule has 0 amide bonds. The molecule has 1 fully saturated rings. The van der Waals surface area contributed by atoms with E-state index >= 15 is 0 Å². The predicted octanol–water partition coefficient (Wildman–Crippen LogP) is 2.38. The summed E-state index contributed by atoms with van der Waals surface area (Å²) in [7, 11) is 0. The van der Waals surface area contributed by atoms with Gasteiger partial charge < -0.3 is 4.90 Å². The van der Waals surface area contributed by atoms with Crippen LogP contribution in [0.1, 0.15) is 19.8 Å². The Hall–Kier alpha value is 0.0200. The van der Waals surface area contributed by atoms with Crippen LogP contribution in [0.4, 0.5) is 0 Å². The summed E-state index contributed by atoms with van der Waals surface area (Å²) in [5, 5.41) is 0. The molecule has 58 valence electrons. The molecular weight excluding hydrogens is 190 g/mol. The van der Waals surface area contributed by atoms with Gasteiger partial charge >= 0.3 is 0 Å². The summed E-state index contributed by atoms with van der Waals surface area (Å²) in [5.41, 5.74) is 1.23. The van der Waals surface area contributed by atoms with Crippen molar-refractivity contribution in [1.29, 1.82) is 0 Å². The Bertz CT molecular complexity index is 125. The molecule has 1 saturated heterocycles. The summed E-state index contributed by atoms with van der Waals surface area (Å²) in [6, 6.07) is 0. The SMILES string of the molecule is C=C(C(C)Br)N1CCCC1. The van der Waals surface area contributed by atoms with Crippen LogP contribution >= 0.6 is 15.9 Å². The lowest BCUT2D eigenvalue weighted by Crippen LogP contribution is -2.22. The predicted molar refractivity (Wildman–Crippen MR) is 48.3 cm³/mol. The van der Waals surface area contributed by atoms with Gasteiger partial charge in [-0.2, -0.15) is 0 Å². The topological polar surface area (TPSA) is 3.24 Å². The molecule has 10 heavy (non-hydrogen) atoms. The van der Waals surface area contributed by atoms with E-state index < -0.39 is 0 Å². The minimum atomic E-state index is 0.436. The first-order valence-corrected chi connectivity index (χ1v) is 4.71. The number of hydrogen-bond acceptors (Lipinski definition) is 1. The molecule has 1 aliphatic rings. The van der Waals surface area contributed by atoms with Crippen molar-refractivity contribution in [3.63, 3.8) is 0 Å². The van der Waals surface area contributed by atoms with Crippen molar-refractivity contribution >= 4 is 15.9 Å². The number of hydrogen-bond donors (Lipinski definition) is 0. The van der Waals surface area contributed by atoms with Crippen LogP contribution in [0.2, 0.25) is 0 Å². The largest absolute Gasteiger partial charge is 0.374 e. The van der Waals surface area contributed by atoms with E-state index in [9.17, 15) is 0 Å². The van der Waals surface area contributed by atoms with Crippen LogP contribution in [0.3, 0.4) is 0 Å². The third kappa shape index (κ3) is 1.75. The zero-order valence-corrected chi connectivity index (χ0v) is 8.02. The Kier molecular flexibility index (Phi) is 2.78. The van der Waals surface area contributed by atoms with Crippen molar-refractivity contribution in [1.82, 2.24) is 4.90 Å². The second-order valence-corrected chi connectivity index (χ2v) is 4.18. The van der Waals surface area contributed by atoms with Gasteiger partial charge in [-0.05, 0) is 19.8 Å². The molecule has 1 rings (SSSR count). The molecular formula is C8H14BrN. The van der Waals surface area contributed by atoms with Crippen LogP contribution in [-0.4, -0.2) is 22.8 Å². The average Bonchev–Trinajstić information content (AvgIpc) is 2.36. The van der Waals surface area contributed by atoms with E-state index in [1.807, 2.05) is 0 Å². The third-order valence-electron chi connectivity index (χ3n) is 1.97. The zero-order chi connectivity index (χ0) is 7.56. The molecule has 0 aromatic heterocycles. The zero-order valence-electron chi connectivity index (χ0n) is 6.44. The Morgan fingerprint density at radius 3 is 2.40 bits per heavy atom. The van der Waals surface area contributed by atoms with Crippen molar-refractivity contribution in [2.75, 3.05) is 13.1 Å². The van der Waals surface area contributed by atoms with Gasteiger partial charge in [0.2, 0.25) is 0 Å². The standard InChI is InChI=1S/C8H14BrN/c1-7(9)8(2)10-5-3-4-6-10/h7H,2-6H2,1H3. The van der Waals surface area contributed by atoms with Gasteiger partial charge in [-0.15, -0.1) is 0 Å². The lowest BCUT2D eigenvalue weighted by atomic mass is 10.3. The van der Waals surface area contributed by atoms with Crippen molar-refractivity contribution < 1.29 is 0 Å². The van der Waals surface area contributed by atoms with Crippen molar-refractivity contribution in [3.8, 4) is 0 Å². The Labute approximate surface area is 71.2 Å². The van der Waals surface area contributed by atoms with Gasteiger partial charge in [-0.1, -0.05) is 22.5 Å². The van der Waals surface area contributed by atoms with Crippen molar-refractivity contribution in [3.05, 3.63) is 12.3 Å². The Morgan fingerprint density at radius 1 is 1.50 bits per heavy atom. The molecule has 0 aromatic carbocycles. The van der Waals surface area contributed by atoms with Gasteiger partial charge in [-0.25, -0.2) is 0 Å². The molecule has 0 aromatic rings. The molecule has 1 aliphatic heterocycles. The number of nitrogens with zero attached hydrogens (tertiary/aromatic N) is 1. The highest BCUT2D eigenvalue weighted by atomic mass is 79.9. The summed E-state index contributed by atoms with van der Waals surface area (Å²) >= 11 is 3.51. The van der Waals surface area contributed by atoms with Crippen LogP contribution in [0.25, 0.3) is 0 Å². The summed E-state index contributed by atoms with van der Waals surface area (Å²) in [6.45, 7) is 8.55. The van der Waals surface area contributed by atoms with Gasteiger partial charge in [0.25, 0.3) is 0 Å². The Morgan fingerprint density at radius 2 is 2.00 bits per heavy atom. The van der Waals surface area contributed by atoms with Crippen LogP contribution in [0.5, 0.6) is 0 Å². The lowest BCUT2D eigenvalue weighted by Gasteiger charge is -2.21. The van der Waals surface area contributed by atoms with Crippen molar-refractivity contribution in [2.45, 2.75) is 24.6 Å². The van der Waals surface area contributed by atoms with E-state index in [-0.39, 0.29) is 0 Å². The van der Waals surface area contributed by atoms with Crippen LogP contribution in [0.15, 0.2) is 12.3 Å². The maximum atomic E-state index is 4.02. The molecule has 1 unspecified atom stereocenters. The number of halogens is 1. The third-order valence-corrected chi connectivity index (χ3v) is 2.50. The normalized spacial score (nSPS) is 21.2. The van der Waals surface area contributed by atoms with Crippen molar-refractivity contribution in [2.24, 2.45) is 0 Å². The highest BCUT2D eigenvalue weighted by Crippen LogP contribution is 2.19. The van der Waals surface area contributed by atoms with Crippen LogP contribution < -0.4 is 0 Å². The molecule has 0 aliphatic carbocycles. The van der Waals surface area contributed by atoms with E-state index in [1.54, 1.807) is 0 Å². The molecule has 1 nitrogen and oxygen atoms in total. The first-order valence-electron chi connectivity index (χ1n) is 3.79. The molecule has 2 heteroatoms. The van der Waals surface area contributed by atoms with E-state index in [1.165, 1.54) is 31.6 Å². The molecule has 0 spiro atoms.